The zero-order chi connectivity index (χ0) is 17.0. The Labute approximate surface area is 146 Å². The molecule has 2 amide bonds. The van der Waals surface area contributed by atoms with E-state index in [0.29, 0.717) is 0 Å². The van der Waals surface area contributed by atoms with Crippen molar-refractivity contribution in [1.82, 2.24) is 5.32 Å². The minimum Gasteiger partial charge on any atom is -0.296 e. The highest BCUT2D eigenvalue weighted by atomic mass is 16.2. The first kappa shape index (κ1) is 14.4. The highest BCUT2D eigenvalue weighted by Gasteiger charge is 2.59. The molecule has 1 saturated carbocycles. The van der Waals surface area contributed by atoms with Crippen molar-refractivity contribution >= 4 is 17.4 Å². The number of rotatable bonds is 2. The van der Waals surface area contributed by atoms with Crippen molar-refractivity contribution in [2.75, 3.05) is 0 Å². The minimum atomic E-state index is -0.250. The van der Waals surface area contributed by atoms with Gasteiger partial charge in [0.15, 0.2) is 0 Å². The zero-order valence-corrected chi connectivity index (χ0v) is 13.6. The van der Waals surface area contributed by atoms with E-state index in [1.165, 1.54) is 5.57 Å². The van der Waals surface area contributed by atoms with Crippen LogP contribution in [0.15, 0.2) is 78.4 Å². The fourth-order valence-electron chi connectivity index (χ4n) is 4.73. The molecule has 2 aromatic rings. The average Bonchev–Trinajstić information content (AvgIpc) is 3.29. The van der Waals surface area contributed by atoms with Crippen LogP contribution in [0, 0.1) is 23.7 Å². The van der Waals surface area contributed by atoms with Crippen LogP contribution in [0.3, 0.4) is 0 Å². The number of amides is 2. The van der Waals surface area contributed by atoms with Gasteiger partial charge in [-0.25, -0.2) is 0 Å². The van der Waals surface area contributed by atoms with Gasteiger partial charge in [-0.3, -0.25) is 14.9 Å². The molecule has 1 aliphatic heterocycles. The van der Waals surface area contributed by atoms with E-state index < -0.39 is 0 Å². The van der Waals surface area contributed by atoms with Crippen molar-refractivity contribution in [2.24, 2.45) is 23.7 Å². The Kier molecular flexibility index (Phi) is 3.04. The van der Waals surface area contributed by atoms with E-state index in [-0.39, 0.29) is 35.5 Å². The number of allylic oxidation sites excluding steroid dienone is 3. The summed E-state index contributed by atoms with van der Waals surface area (Å²) < 4.78 is 0. The van der Waals surface area contributed by atoms with Crippen LogP contribution in [-0.4, -0.2) is 11.8 Å². The molecule has 25 heavy (non-hydrogen) atoms. The van der Waals surface area contributed by atoms with Crippen molar-refractivity contribution in [1.29, 1.82) is 0 Å². The Balaban J connectivity index is 1.75. The summed E-state index contributed by atoms with van der Waals surface area (Å²) >= 11 is 0. The summed E-state index contributed by atoms with van der Waals surface area (Å²) in [5, 5.41) is 2.52. The fourth-order valence-corrected chi connectivity index (χ4v) is 4.73. The lowest BCUT2D eigenvalue weighted by Crippen LogP contribution is -2.26. The second-order valence-corrected chi connectivity index (χ2v) is 6.90. The zero-order valence-electron chi connectivity index (χ0n) is 13.6. The molecule has 1 heterocycles. The molecule has 1 N–H and O–H groups in total. The molecule has 2 aromatic carbocycles. The average molecular weight is 327 g/mol. The van der Waals surface area contributed by atoms with Gasteiger partial charge in [-0.15, -0.1) is 0 Å². The number of hydrogen-bond donors (Lipinski definition) is 1. The topological polar surface area (TPSA) is 46.2 Å². The number of benzene rings is 2. The van der Waals surface area contributed by atoms with Crippen LogP contribution in [0.1, 0.15) is 11.1 Å². The summed E-state index contributed by atoms with van der Waals surface area (Å²) in [6, 6.07) is 20.5. The number of carbonyl (C=O) groups excluding carboxylic acids is 2. The summed E-state index contributed by atoms with van der Waals surface area (Å²) in [6.07, 6.45) is 4.23. The van der Waals surface area contributed by atoms with Crippen LogP contribution in [0.5, 0.6) is 0 Å². The van der Waals surface area contributed by atoms with Crippen molar-refractivity contribution in [3.05, 3.63) is 89.5 Å². The molecule has 4 atom stereocenters. The predicted octanol–water partition coefficient (Wildman–Crippen LogP) is 3.19. The molecule has 2 bridgehead atoms. The second-order valence-electron chi connectivity index (χ2n) is 6.90. The fraction of sp³-hybridized carbons (Fsp3) is 0.182. The van der Waals surface area contributed by atoms with Crippen LogP contribution in [0.4, 0.5) is 0 Å². The molecule has 4 unspecified atom stereocenters. The molecule has 2 aliphatic carbocycles. The van der Waals surface area contributed by atoms with Crippen LogP contribution in [0.2, 0.25) is 0 Å². The molecule has 0 spiro atoms. The molecule has 3 aliphatic rings. The predicted molar refractivity (Wildman–Crippen MR) is 95.2 cm³/mol. The Morgan fingerprint density at radius 1 is 0.680 bits per heavy atom. The summed E-state index contributed by atoms with van der Waals surface area (Å²) in [4.78, 5) is 24.6. The van der Waals surface area contributed by atoms with Crippen LogP contribution < -0.4 is 5.32 Å². The molecular formula is C22H17NO2. The number of imide groups is 1. The third kappa shape index (κ3) is 1.99. The van der Waals surface area contributed by atoms with Crippen molar-refractivity contribution in [2.45, 2.75) is 0 Å². The van der Waals surface area contributed by atoms with Gasteiger partial charge in [0.25, 0.3) is 0 Å². The van der Waals surface area contributed by atoms with Crippen LogP contribution >= 0.6 is 0 Å². The van der Waals surface area contributed by atoms with Gasteiger partial charge in [0.2, 0.25) is 11.8 Å². The normalized spacial score (nSPS) is 29.0. The monoisotopic (exact) mass is 327 g/mol. The van der Waals surface area contributed by atoms with E-state index >= 15 is 0 Å². The summed E-state index contributed by atoms with van der Waals surface area (Å²) in [5.41, 5.74) is 4.65. The summed E-state index contributed by atoms with van der Waals surface area (Å²) in [6.45, 7) is 0. The van der Waals surface area contributed by atoms with E-state index in [4.69, 9.17) is 0 Å². The summed E-state index contributed by atoms with van der Waals surface area (Å²) in [5.74, 6) is -0.719. The van der Waals surface area contributed by atoms with Gasteiger partial charge >= 0.3 is 0 Å². The van der Waals surface area contributed by atoms with Gasteiger partial charge in [0.05, 0.1) is 11.8 Å². The van der Waals surface area contributed by atoms with Gasteiger partial charge in [-0.2, -0.15) is 0 Å². The van der Waals surface area contributed by atoms with E-state index in [2.05, 4.69) is 41.7 Å². The third-order valence-corrected chi connectivity index (χ3v) is 5.67. The van der Waals surface area contributed by atoms with E-state index in [1.54, 1.807) is 0 Å². The van der Waals surface area contributed by atoms with E-state index in [0.717, 1.165) is 16.7 Å². The quantitative estimate of drug-likeness (QED) is 0.680. The Morgan fingerprint density at radius 2 is 1.12 bits per heavy atom. The second kappa shape index (κ2) is 5.28. The minimum absolute atomic E-state index is 0.0110. The maximum absolute atomic E-state index is 12.3. The highest BCUT2D eigenvalue weighted by molar-refractivity contribution is 6.08. The van der Waals surface area contributed by atoms with Crippen molar-refractivity contribution in [3.8, 4) is 0 Å². The number of nitrogens with one attached hydrogen (secondary N) is 1. The lowest BCUT2D eigenvalue weighted by atomic mass is 9.85. The molecule has 0 radical (unpaired) electrons. The maximum atomic E-state index is 12.3. The lowest BCUT2D eigenvalue weighted by Gasteiger charge is -2.18. The largest absolute Gasteiger partial charge is 0.296 e. The maximum Gasteiger partial charge on any atom is 0.231 e. The van der Waals surface area contributed by atoms with E-state index in [9.17, 15) is 9.59 Å². The first-order valence-electron chi connectivity index (χ1n) is 8.63. The molecular weight excluding hydrogens is 310 g/mol. The van der Waals surface area contributed by atoms with Gasteiger partial charge in [0.1, 0.15) is 0 Å². The van der Waals surface area contributed by atoms with Crippen LogP contribution in [-0.2, 0) is 9.59 Å². The smallest absolute Gasteiger partial charge is 0.231 e. The Morgan fingerprint density at radius 3 is 1.56 bits per heavy atom. The molecule has 1 saturated heterocycles. The molecule has 122 valence electrons. The Hall–Kier alpha value is -2.94. The lowest BCUT2D eigenvalue weighted by molar-refractivity contribution is -0.126. The molecule has 2 fully saturated rings. The summed E-state index contributed by atoms with van der Waals surface area (Å²) in [7, 11) is 0. The van der Waals surface area contributed by atoms with Crippen molar-refractivity contribution in [3.63, 3.8) is 0 Å². The third-order valence-electron chi connectivity index (χ3n) is 5.67. The highest BCUT2D eigenvalue weighted by Crippen LogP contribution is 2.56. The van der Waals surface area contributed by atoms with E-state index in [1.807, 2.05) is 36.4 Å². The molecule has 0 aromatic heterocycles. The molecule has 3 heteroatoms. The number of fused-ring (bicyclic) bond motifs is 5. The SMILES string of the molecule is O=C1NC(=O)C2C3C=CC(C3=C(c3ccccc3)c3ccccc3)C12. The standard InChI is InChI=1S/C22H17NO2/c24-21-19-15-11-12-16(20(19)22(25)23-21)18(15)17(13-7-3-1-4-8-13)14-9-5-2-6-10-14/h1-12,15-16,19-20H,(H,23,24,25). The number of carbonyl (C=O) groups is 2. The Bertz CT molecular complexity index is 854. The van der Waals surface area contributed by atoms with Gasteiger partial charge in [-0.1, -0.05) is 72.8 Å². The first-order valence-corrected chi connectivity index (χ1v) is 8.63. The first-order chi connectivity index (χ1) is 12.3. The van der Waals surface area contributed by atoms with Crippen LogP contribution in [0.25, 0.3) is 5.57 Å². The van der Waals surface area contributed by atoms with Crippen molar-refractivity contribution < 1.29 is 9.59 Å². The molecule has 5 rings (SSSR count). The van der Waals surface area contributed by atoms with Gasteiger partial charge in [-0.05, 0) is 22.3 Å². The van der Waals surface area contributed by atoms with Gasteiger partial charge in [0, 0.05) is 11.8 Å². The molecule has 3 nitrogen and oxygen atoms in total. The van der Waals surface area contributed by atoms with Gasteiger partial charge < -0.3 is 0 Å². The number of hydrogen-bond acceptors (Lipinski definition) is 2.